The van der Waals surface area contributed by atoms with Crippen molar-refractivity contribution < 1.29 is 5.11 Å². The van der Waals surface area contributed by atoms with E-state index in [1.54, 1.807) is 6.20 Å². The number of aromatic hydroxyl groups is 1. The lowest BCUT2D eigenvalue weighted by atomic mass is 10.2. The minimum Gasteiger partial charge on any atom is -0.505 e. The summed E-state index contributed by atoms with van der Waals surface area (Å²) in [5.74, 6) is 0.249. The molecule has 0 bridgehead atoms. The summed E-state index contributed by atoms with van der Waals surface area (Å²) in [6, 6.07) is 12.2. The number of hydrogen-bond donors (Lipinski definition) is 1. The minimum atomic E-state index is 0.249. The highest BCUT2D eigenvalue weighted by Crippen LogP contribution is 2.28. The van der Waals surface area contributed by atoms with Crippen LogP contribution in [0.15, 0.2) is 48.8 Å². The van der Waals surface area contributed by atoms with Gasteiger partial charge in [0.15, 0.2) is 0 Å². The van der Waals surface area contributed by atoms with Crippen LogP contribution >= 0.6 is 0 Å². The molecule has 0 amide bonds. The van der Waals surface area contributed by atoms with E-state index in [1.165, 1.54) is 5.56 Å². The van der Waals surface area contributed by atoms with E-state index < -0.39 is 0 Å². The maximum Gasteiger partial charge on any atom is 0.146 e. The number of fused-ring (bicyclic) bond motifs is 1. The molecule has 1 radical (unpaired) electrons. The summed E-state index contributed by atoms with van der Waals surface area (Å²) in [4.78, 5) is 4.27. The fourth-order valence-corrected chi connectivity index (χ4v) is 2.29. The fourth-order valence-electron chi connectivity index (χ4n) is 2.29. The zero-order valence-corrected chi connectivity index (χ0v) is 10.6. The van der Waals surface area contributed by atoms with E-state index in [2.05, 4.69) is 28.6 Å². The quantitative estimate of drug-likeness (QED) is 0.776. The lowest BCUT2D eigenvalue weighted by molar-refractivity contribution is 0.472. The topological polar surface area (TPSA) is 38.0 Å². The number of nitrogens with zero attached hydrogens (tertiary/aromatic N) is 2. The van der Waals surface area contributed by atoms with Crippen LogP contribution in [0.5, 0.6) is 5.75 Å². The molecule has 19 heavy (non-hydrogen) atoms. The van der Waals surface area contributed by atoms with Crippen molar-refractivity contribution in [3.8, 4) is 5.75 Å². The van der Waals surface area contributed by atoms with Gasteiger partial charge in [0.25, 0.3) is 0 Å². The highest BCUT2D eigenvalue weighted by atomic mass is 16.3. The molecule has 3 rings (SSSR count). The Labute approximate surface area is 112 Å². The van der Waals surface area contributed by atoms with Crippen molar-refractivity contribution in [1.82, 2.24) is 9.55 Å². The Bertz CT molecular complexity index is 701. The van der Waals surface area contributed by atoms with Gasteiger partial charge < -0.3 is 9.67 Å². The SMILES string of the molecule is [CH2]Cc1ncc2c(ccn2Cc2ccccc2)c1O. The predicted molar refractivity (Wildman–Crippen MR) is 76.0 cm³/mol. The Balaban J connectivity index is 2.04. The van der Waals surface area contributed by atoms with Gasteiger partial charge in [-0.15, -0.1) is 0 Å². The van der Waals surface area contributed by atoms with Gasteiger partial charge in [-0.3, -0.25) is 4.98 Å². The van der Waals surface area contributed by atoms with E-state index in [0.29, 0.717) is 12.1 Å². The summed E-state index contributed by atoms with van der Waals surface area (Å²) >= 11 is 0. The molecule has 0 spiro atoms. The van der Waals surface area contributed by atoms with Crippen LogP contribution in [-0.2, 0) is 13.0 Å². The monoisotopic (exact) mass is 251 g/mol. The van der Waals surface area contributed by atoms with Crippen molar-refractivity contribution >= 4 is 10.9 Å². The van der Waals surface area contributed by atoms with Gasteiger partial charge in [0, 0.05) is 18.1 Å². The van der Waals surface area contributed by atoms with Gasteiger partial charge in [0.2, 0.25) is 0 Å². The van der Waals surface area contributed by atoms with Gasteiger partial charge in [-0.25, -0.2) is 0 Å². The van der Waals surface area contributed by atoms with Gasteiger partial charge >= 0.3 is 0 Å². The number of benzene rings is 1. The Hall–Kier alpha value is -2.29. The summed E-state index contributed by atoms with van der Waals surface area (Å²) in [5.41, 5.74) is 2.81. The second-order valence-corrected chi connectivity index (χ2v) is 4.53. The van der Waals surface area contributed by atoms with E-state index in [9.17, 15) is 5.11 Å². The summed E-state index contributed by atoms with van der Waals surface area (Å²) in [6.45, 7) is 4.54. The number of aromatic nitrogens is 2. The fraction of sp³-hybridized carbons (Fsp3) is 0.125. The van der Waals surface area contributed by atoms with E-state index in [4.69, 9.17) is 0 Å². The molecule has 0 aliphatic rings. The second kappa shape index (κ2) is 4.76. The van der Waals surface area contributed by atoms with Gasteiger partial charge in [-0.1, -0.05) is 30.3 Å². The minimum absolute atomic E-state index is 0.249. The van der Waals surface area contributed by atoms with Crippen LogP contribution in [0.25, 0.3) is 10.9 Å². The zero-order chi connectivity index (χ0) is 13.2. The van der Waals surface area contributed by atoms with Crippen molar-refractivity contribution in [2.45, 2.75) is 13.0 Å². The molecule has 1 aromatic carbocycles. The molecule has 0 atom stereocenters. The summed E-state index contributed by atoms with van der Waals surface area (Å²) in [6.07, 6.45) is 4.27. The molecule has 3 nitrogen and oxygen atoms in total. The summed E-state index contributed by atoms with van der Waals surface area (Å²) in [5, 5.41) is 11.0. The second-order valence-electron chi connectivity index (χ2n) is 4.53. The molecular weight excluding hydrogens is 236 g/mol. The van der Waals surface area contributed by atoms with Crippen LogP contribution in [0.4, 0.5) is 0 Å². The summed E-state index contributed by atoms with van der Waals surface area (Å²) < 4.78 is 2.09. The average molecular weight is 251 g/mol. The Morgan fingerprint density at radius 1 is 1.16 bits per heavy atom. The van der Waals surface area contributed by atoms with Gasteiger partial charge in [0.05, 0.1) is 17.4 Å². The highest BCUT2D eigenvalue weighted by molar-refractivity contribution is 5.86. The first-order valence-corrected chi connectivity index (χ1v) is 6.28. The molecule has 0 aliphatic carbocycles. The molecule has 2 aromatic heterocycles. The van der Waals surface area contributed by atoms with Crippen molar-refractivity contribution in [3.05, 3.63) is 67.0 Å². The van der Waals surface area contributed by atoms with E-state index in [-0.39, 0.29) is 5.75 Å². The van der Waals surface area contributed by atoms with E-state index >= 15 is 0 Å². The molecule has 3 aromatic rings. The Morgan fingerprint density at radius 2 is 1.95 bits per heavy atom. The first-order valence-electron chi connectivity index (χ1n) is 6.28. The molecule has 95 valence electrons. The van der Waals surface area contributed by atoms with Crippen LogP contribution in [0.3, 0.4) is 0 Å². The van der Waals surface area contributed by atoms with E-state index in [1.807, 2.05) is 30.5 Å². The molecule has 0 saturated carbocycles. The number of pyridine rings is 1. The molecule has 2 heterocycles. The van der Waals surface area contributed by atoms with Crippen LogP contribution < -0.4 is 0 Å². The molecule has 0 saturated heterocycles. The van der Waals surface area contributed by atoms with Crippen LogP contribution in [0.1, 0.15) is 11.3 Å². The largest absolute Gasteiger partial charge is 0.505 e. The lowest BCUT2D eigenvalue weighted by Gasteiger charge is -2.07. The molecule has 0 fully saturated rings. The molecule has 3 heteroatoms. The third-order valence-electron chi connectivity index (χ3n) is 3.31. The normalized spacial score (nSPS) is 11.0. The summed E-state index contributed by atoms with van der Waals surface area (Å²) in [7, 11) is 0. The lowest BCUT2D eigenvalue weighted by Crippen LogP contribution is -1.98. The van der Waals surface area contributed by atoms with Gasteiger partial charge in [-0.05, 0) is 25.0 Å². The maximum absolute atomic E-state index is 10.1. The Kier molecular flexibility index (Phi) is 2.95. The van der Waals surface area contributed by atoms with E-state index in [0.717, 1.165) is 17.4 Å². The van der Waals surface area contributed by atoms with Crippen molar-refractivity contribution in [2.75, 3.05) is 0 Å². The number of hydrogen-bond acceptors (Lipinski definition) is 2. The first kappa shape index (κ1) is 11.8. The van der Waals surface area contributed by atoms with Crippen molar-refractivity contribution in [3.63, 3.8) is 0 Å². The Morgan fingerprint density at radius 3 is 2.68 bits per heavy atom. The molecule has 0 aliphatic heterocycles. The van der Waals surface area contributed by atoms with Crippen molar-refractivity contribution in [2.24, 2.45) is 0 Å². The van der Waals surface area contributed by atoms with Gasteiger partial charge in [-0.2, -0.15) is 0 Å². The van der Waals surface area contributed by atoms with Crippen LogP contribution in [0.2, 0.25) is 0 Å². The van der Waals surface area contributed by atoms with Crippen molar-refractivity contribution in [1.29, 1.82) is 0 Å². The third-order valence-corrected chi connectivity index (χ3v) is 3.31. The molecule has 0 unspecified atom stereocenters. The zero-order valence-electron chi connectivity index (χ0n) is 10.6. The standard InChI is InChI=1S/C16H15N2O/c1-2-14-16(19)13-8-9-18(15(13)10-17-14)11-12-6-4-3-5-7-12/h3-10,19H,1-2,11H2. The third kappa shape index (κ3) is 2.08. The van der Waals surface area contributed by atoms with Gasteiger partial charge in [0.1, 0.15) is 5.75 Å². The first-order chi connectivity index (χ1) is 9.29. The smallest absolute Gasteiger partial charge is 0.146 e. The molecule has 1 N–H and O–H groups in total. The average Bonchev–Trinajstić information content (AvgIpc) is 2.85. The maximum atomic E-state index is 10.1. The highest BCUT2D eigenvalue weighted by Gasteiger charge is 2.10. The predicted octanol–water partition coefficient (Wildman–Crippen LogP) is 3.17. The van der Waals surface area contributed by atoms with Crippen LogP contribution in [-0.4, -0.2) is 14.7 Å². The van der Waals surface area contributed by atoms with Crippen LogP contribution in [0, 0.1) is 6.92 Å². The number of rotatable bonds is 3. The molecular formula is C16H15N2O.